The highest BCUT2D eigenvalue weighted by atomic mass is 32.2. The maximum Gasteiger partial charge on any atom is 0.287 e. The van der Waals surface area contributed by atoms with Gasteiger partial charge in [0.05, 0.1) is 11.6 Å². The maximum atomic E-state index is 12.7. The first-order valence-electron chi connectivity index (χ1n) is 8.33. The molecule has 4 rings (SSSR count). The molecule has 4 nitrogen and oxygen atoms in total. The lowest BCUT2D eigenvalue weighted by Gasteiger charge is -2.25. The van der Waals surface area contributed by atoms with E-state index < -0.39 is 0 Å². The van der Waals surface area contributed by atoms with Gasteiger partial charge in [-0.25, -0.2) is 0 Å². The molecular formula is C19H19NO3S. The number of amides is 1. The first-order chi connectivity index (χ1) is 11.6. The van der Waals surface area contributed by atoms with Crippen LogP contribution in [0.2, 0.25) is 0 Å². The fraction of sp³-hybridized carbons (Fsp3) is 0.368. The summed E-state index contributed by atoms with van der Waals surface area (Å²) in [6.07, 6.45) is 2.97. The third kappa shape index (κ3) is 2.57. The Bertz CT molecular complexity index is 824. The van der Waals surface area contributed by atoms with E-state index in [0.29, 0.717) is 29.1 Å². The second-order valence-corrected chi connectivity index (χ2v) is 7.47. The minimum absolute atomic E-state index is 0.00724. The second kappa shape index (κ2) is 6.13. The average molecular weight is 341 g/mol. The van der Waals surface area contributed by atoms with Crippen molar-refractivity contribution in [3.63, 3.8) is 0 Å². The van der Waals surface area contributed by atoms with E-state index >= 15 is 0 Å². The molecule has 2 heterocycles. The molecule has 1 aromatic carbocycles. The summed E-state index contributed by atoms with van der Waals surface area (Å²) in [7, 11) is 0. The lowest BCUT2D eigenvalue weighted by molar-refractivity contribution is 0.0901. The summed E-state index contributed by atoms with van der Waals surface area (Å²) in [5.74, 6) is 1.82. The van der Waals surface area contributed by atoms with Crippen molar-refractivity contribution in [2.45, 2.75) is 43.5 Å². The molecule has 2 aromatic rings. The molecule has 1 aliphatic carbocycles. The Morgan fingerprint density at radius 3 is 2.96 bits per heavy atom. The van der Waals surface area contributed by atoms with E-state index in [0.717, 1.165) is 30.6 Å². The molecule has 1 atom stereocenters. The van der Waals surface area contributed by atoms with E-state index in [2.05, 4.69) is 17.4 Å². The molecule has 0 saturated carbocycles. The van der Waals surface area contributed by atoms with Crippen LogP contribution < -0.4 is 5.32 Å². The molecule has 5 heteroatoms. The van der Waals surface area contributed by atoms with Gasteiger partial charge in [-0.15, -0.1) is 11.8 Å². The summed E-state index contributed by atoms with van der Waals surface area (Å²) in [5, 5.41) is 3.10. The van der Waals surface area contributed by atoms with E-state index in [-0.39, 0.29) is 17.7 Å². The molecule has 24 heavy (non-hydrogen) atoms. The third-order valence-electron chi connectivity index (χ3n) is 4.78. The van der Waals surface area contributed by atoms with Gasteiger partial charge >= 0.3 is 0 Å². The third-order valence-corrected chi connectivity index (χ3v) is 5.90. The predicted octanol–water partition coefficient (Wildman–Crippen LogP) is 4.07. The van der Waals surface area contributed by atoms with E-state index in [9.17, 15) is 9.59 Å². The monoisotopic (exact) mass is 341 g/mol. The van der Waals surface area contributed by atoms with E-state index in [1.165, 1.54) is 4.90 Å². The number of rotatable bonds is 2. The van der Waals surface area contributed by atoms with Crippen molar-refractivity contribution in [3.8, 4) is 0 Å². The standard InChI is InChI=1S/C19H19NO3S/c1-11-17-14(21)6-4-7-15(17)23-18(11)19(22)20-13-9-10-24-16-8-3-2-5-12(13)16/h2-3,5,8,13H,4,6-7,9-10H2,1H3,(H,20,22)/t13-/m1/s1. The summed E-state index contributed by atoms with van der Waals surface area (Å²) in [6, 6.07) is 8.17. The number of benzene rings is 1. The number of furan rings is 1. The number of carbonyl (C=O) groups is 2. The van der Waals surface area contributed by atoms with Crippen LogP contribution in [0.25, 0.3) is 0 Å². The van der Waals surface area contributed by atoms with Gasteiger partial charge in [0.2, 0.25) is 0 Å². The van der Waals surface area contributed by atoms with Gasteiger partial charge in [-0.2, -0.15) is 0 Å². The number of nitrogens with one attached hydrogen (secondary N) is 1. The number of thioether (sulfide) groups is 1. The summed E-state index contributed by atoms with van der Waals surface area (Å²) < 4.78 is 5.76. The van der Waals surface area contributed by atoms with Crippen LogP contribution in [0.4, 0.5) is 0 Å². The van der Waals surface area contributed by atoms with Crippen LogP contribution in [0.3, 0.4) is 0 Å². The van der Waals surface area contributed by atoms with Crippen molar-refractivity contribution in [1.82, 2.24) is 5.32 Å². The zero-order chi connectivity index (χ0) is 16.7. The van der Waals surface area contributed by atoms with Crippen LogP contribution >= 0.6 is 11.8 Å². The predicted molar refractivity (Wildman–Crippen MR) is 92.7 cm³/mol. The largest absolute Gasteiger partial charge is 0.455 e. The Morgan fingerprint density at radius 1 is 1.29 bits per heavy atom. The van der Waals surface area contributed by atoms with E-state index in [1.54, 1.807) is 0 Å². The quantitative estimate of drug-likeness (QED) is 0.894. The van der Waals surface area contributed by atoms with Gasteiger partial charge < -0.3 is 9.73 Å². The number of ketones is 1. The maximum absolute atomic E-state index is 12.7. The number of aryl methyl sites for hydroxylation is 1. The molecule has 0 radical (unpaired) electrons. The van der Waals surface area contributed by atoms with E-state index in [4.69, 9.17) is 4.42 Å². The fourth-order valence-corrected chi connectivity index (χ4v) is 4.71. The molecule has 1 aliphatic heterocycles. The molecule has 0 unspecified atom stereocenters. The number of fused-ring (bicyclic) bond motifs is 2. The SMILES string of the molecule is Cc1c(C(=O)N[C@@H]2CCSc3ccccc32)oc2c1C(=O)CCC2. The zero-order valence-electron chi connectivity index (χ0n) is 13.6. The molecule has 0 saturated heterocycles. The van der Waals surface area contributed by atoms with Crippen LogP contribution in [0.5, 0.6) is 0 Å². The Kier molecular flexibility index (Phi) is 3.96. The van der Waals surface area contributed by atoms with Crippen LogP contribution in [0, 0.1) is 6.92 Å². The lowest BCUT2D eigenvalue weighted by Crippen LogP contribution is -2.30. The second-order valence-electron chi connectivity index (χ2n) is 6.33. The minimum atomic E-state index is -0.221. The summed E-state index contributed by atoms with van der Waals surface area (Å²) in [6.45, 7) is 1.81. The van der Waals surface area contributed by atoms with Crippen LogP contribution in [0.15, 0.2) is 33.6 Å². The molecule has 2 aliphatic rings. The van der Waals surface area contributed by atoms with Gasteiger partial charge in [0, 0.05) is 29.1 Å². The highest BCUT2D eigenvalue weighted by molar-refractivity contribution is 7.99. The van der Waals surface area contributed by atoms with Gasteiger partial charge in [0.15, 0.2) is 11.5 Å². The molecule has 1 aromatic heterocycles. The smallest absolute Gasteiger partial charge is 0.287 e. The summed E-state index contributed by atoms with van der Waals surface area (Å²) in [4.78, 5) is 26.1. The Labute approximate surface area is 145 Å². The van der Waals surface area contributed by atoms with E-state index in [1.807, 2.05) is 30.8 Å². The topological polar surface area (TPSA) is 59.3 Å². The van der Waals surface area contributed by atoms with Crippen molar-refractivity contribution in [2.24, 2.45) is 0 Å². The van der Waals surface area contributed by atoms with Crippen LogP contribution in [0.1, 0.15) is 63.1 Å². The molecule has 124 valence electrons. The number of carbonyl (C=O) groups excluding carboxylic acids is 2. The van der Waals surface area contributed by atoms with Crippen molar-refractivity contribution in [1.29, 1.82) is 0 Å². The number of hydrogen-bond donors (Lipinski definition) is 1. The van der Waals surface area contributed by atoms with Crippen molar-refractivity contribution < 1.29 is 14.0 Å². The number of hydrogen-bond acceptors (Lipinski definition) is 4. The number of Topliss-reactive ketones (excluding diaryl/α,β-unsaturated/α-hetero) is 1. The van der Waals surface area contributed by atoms with Crippen LogP contribution in [-0.4, -0.2) is 17.4 Å². The first kappa shape index (κ1) is 15.5. The van der Waals surface area contributed by atoms with Gasteiger partial charge in [-0.05, 0) is 31.4 Å². The molecule has 0 spiro atoms. The average Bonchev–Trinajstić information content (AvgIpc) is 2.93. The van der Waals surface area contributed by atoms with Crippen LogP contribution in [-0.2, 0) is 6.42 Å². The Hall–Kier alpha value is -2.01. The first-order valence-corrected chi connectivity index (χ1v) is 9.31. The summed E-state index contributed by atoms with van der Waals surface area (Å²) >= 11 is 1.82. The van der Waals surface area contributed by atoms with Gasteiger partial charge in [0.1, 0.15) is 5.76 Å². The van der Waals surface area contributed by atoms with Crippen molar-refractivity contribution in [2.75, 3.05) is 5.75 Å². The van der Waals surface area contributed by atoms with Crippen molar-refractivity contribution in [3.05, 3.63) is 52.5 Å². The minimum Gasteiger partial charge on any atom is -0.455 e. The normalized spacial score (nSPS) is 19.5. The van der Waals surface area contributed by atoms with Gasteiger partial charge in [-0.1, -0.05) is 18.2 Å². The fourth-order valence-electron chi connectivity index (χ4n) is 3.58. The lowest BCUT2D eigenvalue weighted by atomic mass is 9.94. The highest BCUT2D eigenvalue weighted by Crippen LogP contribution is 2.36. The molecule has 0 fully saturated rings. The molecule has 1 N–H and O–H groups in total. The molecule has 1 amide bonds. The van der Waals surface area contributed by atoms with Gasteiger partial charge in [0.25, 0.3) is 5.91 Å². The Morgan fingerprint density at radius 2 is 2.12 bits per heavy atom. The summed E-state index contributed by atoms with van der Waals surface area (Å²) in [5.41, 5.74) is 2.48. The van der Waals surface area contributed by atoms with Gasteiger partial charge in [-0.3, -0.25) is 9.59 Å². The molecular weight excluding hydrogens is 322 g/mol. The zero-order valence-corrected chi connectivity index (χ0v) is 14.4. The Balaban J connectivity index is 1.61. The molecule has 0 bridgehead atoms. The van der Waals surface area contributed by atoms with Crippen molar-refractivity contribution >= 4 is 23.5 Å². The highest BCUT2D eigenvalue weighted by Gasteiger charge is 2.30.